The fourth-order valence-corrected chi connectivity index (χ4v) is 1.98. The summed E-state index contributed by atoms with van der Waals surface area (Å²) >= 11 is 0. The maximum absolute atomic E-state index is 9.19. The van der Waals surface area contributed by atoms with Gasteiger partial charge in [0.2, 0.25) is 0 Å². The number of hydrogen-bond donors (Lipinski definition) is 2. The molecule has 0 bridgehead atoms. The molecule has 4 nitrogen and oxygen atoms in total. The predicted octanol–water partition coefficient (Wildman–Crippen LogP) is 2.37. The van der Waals surface area contributed by atoms with Gasteiger partial charge in [-0.1, -0.05) is 6.92 Å². The SMILES string of the molecule is COc1ccc(OC)c(C(C)NC(C)C(C)CO)c1. The van der Waals surface area contributed by atoms with Crippen LogP contribution < -0.4 is 14.8 Å². The molecule has 1 aromatic rings. The van der Waals surface area contributed by atoms with Gasteiger partial charge in [0.15, 0.2) is 0 Å². The number of methoxy groups -OCH3 is 2. The van der Waals surface area contributed by atoms with Gasteiger partial charge in [0, 0.05) is 24.3 Å². The second-order valence-electron chi connectivity index (χ2n) is 4.94. The van der Waals surface area contributed by atoms with E-state index in [9.17, 15) is 5.11 Å². The van der Waals surface area contributed by atoms with Crippen LogP contribution in [0.2, 0.25) is 0 Å². The van der Waals surface area contributed by atoms with E-state index < -0.39 is 0 Å². The number of hydrogen-bond acceptors (Lipinski definition) is 4. The second kappa shape index (κ2) is 7.36. The van der Waals surface area contributed by atoms with Gasteiger partial charge in [0.1, 0.15) is 11.5 Å². The Morgan fingerprint density at radius 2 is 1.84 bits per heavy atom. The standard InChI is InChI=1S/C15H25NO3/c1-10(9-17)11(2)16-12(3)14-8-13(18-4)6-7-15(14)19-5/h6-8,10-12,16-17H,9H2,1-5H3. The summed E-state index contributed by atoms with van der Waals surface area (Å²) < 4.78 is 10.6. The van der Waals surface area contributed by atoms with Gasteiger partial charge in [0.25, 0.3) is 0 Å². The molecule has 3 atom stereocenters. The van der Waals surface area contributed by atoms with Crippen LogP contribution in [-0.4, -0.2) is 32.0 Å². The molecular formula is C15H25NO3. The van der Waals surface area contributed by atoms with E-state index >= 15 is 0 Å². The number of ether oxygens (including phenoxy) is 2. The average Bonchev–Trinajstić information content (AvgIpc) is 2.45. The minimum Gasteiger partial charge on any atom is -0.497 e. The Morgan fingerprint density at radius 1 is 1.16 bits per heavy atom. The van der Waals surface area contributed by atoms with Gasteiger partial charge in [-0.05, 0) is 38.0 Å². The summed E-state index contributed by atoms with van der Waals surface area (Å²) in [4.78, 5) is 0. The van der Waals surface area contributed by atoms with Gasteiger partial charge in [-0.25, -0.2) is 0 Å². The molecule has 0 saturated carbocycles. The summed E-state index contributed by atoms with van der Waals surface area (Å²) in [7, 11) is 3.32. The van der Waals surface area contributed by atoms with Crippen molar-refractivity contribution in [1.29, 1.82) is 0 Å². The molecule has 1 aromatic carbocycles. The first kappa shape index (κ1) is 15.8. The van der Waals surface area contributed by atoms with E-state index in [-0.39, 0.29) is 24.6 Å². The number of aliphatic hydroxyl groups excluding tert-OH is 1. The highest BCUT2D eigenvalue weighted by Gasteiger charge is 2.18. The summed E-state index contributed by atoms with van der Waals surface area (Å²) in [5.74, 6) is 1.86. The third kappa shape index (κ3) is 4.11. The first-order chi connectivity index (χ1) is 9.03. The number of rotatable bonds is 7. The molecule has 3 unspecified atom stereocenters. The summed E-state index contributed by atoms with van der Waals surface area (Å²) in [5.41, 5.74) is 1.05. The minimum absolute atomic E-state index is 0.119. The van der Waals surface area contributed by atoms with E-state index in [1.165, 1.54) is 0 Å². The smallest absolute Gasteiger partial charge is 0.123 e. The largest absolute Gasteiger partial charge is 0.497 e. The quantitative estimate of drug-likeness (QED) is 0.796. The van der Waals surface area contributed by atoms with Crippen LogP contribution in [-0.2, 0) is 0 Å². The van der Waals surface area contributed by atoms with Crippen molar-refractivity contribution in [1.82, 2.24) is 5.32 Å². The highest BCUT2D eigenvalue weighted by Crippen LogP contribution is 2.29. The molecule has 0 heterocycles. The molecule has 0 saturated heterocycles. The van der Waals surface area contributed by atoms with Crippen molar-refractivity contribution in [3.05, 3.63) is 23.8 Å². The van der Waals surface area contributed by atoms with Gasteiger partial charge >= 0.3 is 0 Å². The third-order valence-corrected chi connectivity index (χ3v) is 3.56. The van der Waals surface area contributed by atoms with Gasteiger partial charge in [-0.2, -0.15) is 0 Å². The molecule has 0 aliphatic heterocycles. The van der Waals surface area contributed by atoms with E-state index in [2.05, 4.69) is 19.2 Å². The Hall–Kier alpha value is -1.26. The maximum Gasteiger partial charge on any atom is 0.123 e. The molecule has 0 radical (unpaired) electrons. The van der Waals surface area contributed by atoms with Crippen LogP contribution in [0.15, 0.2) is 18.2 Å². The third-order valence-electron chi connectivity index (χ3n) is 3.56. The Kier molecular flexibility index (Phi) is 6.12. The van der Waals surface area contributed by atoms with Crippen LogP contribution in [0.25, 0.3) is 0 Å². The monoisotopic (exact) mass is 267 g/mol. The minimum atomic E-state index is 0.119. The lowest BCUT2D eigenvalue weighted by molar-refractivity contribution is 0.202. The molecule has 4 heteroatoms. The second-order valence-corrected chi connectivity index (χ2v) is 4.94. The van der Waals surface area contributed by atoms with E-state index in [1.54, 1.807) is 14.2 Å². The normalized spacial score (nSPS) is 15.7. The molecular weight excluding hydrogens is 242 g/mol. The van der Waals surface area contributed by atoms with Crippen LogP contribution in [0.3, 0.4) is 0 Å². The molecule has 0 amide bonds. The van der Waals surface area contributed by atoms with Crippen molar-refractivity contribution in [2.45, 2.75) is 32.9 Å². The lowest BCUT2D eigenvalue weighted by Crippen LogP contribution is -2.35. The van der Waals surface area contributed by atoms with Crippen LogP contribution in [0.4, 0.5) is 0 Å². The molecule has 19 heavy (non-hydrogen) atoms. The van der Waals surface area contributed by atoms with Gasteiger partial charge < -0.3 is 19.9 Å². The Morgan fingerprint density at radius 3 is 2.37 bits per heavy atom. The number of benzene rings is 1. The van der Waals surface area contributed by atoms with Gasteiger partial charge in [-0.15, -0.1) is 0 Å². The Balaban J connectivity index is 2.88. The lowest BCUT2D eigenvalue weighted by atomic mass is 10.0. The van der Waals surface area contributed by atoms with Crippen LogP contribution >= 0.6 is 0 Å². The van der Waals surface area contributed by atoms with E-state index in [4.69, 9.17) is 9.47 Å². The fourth-order valence-electron chi connectivity index (χ4n) is 1.98. The van der Waals surface area contributed by atoms with Crippen molar-refractivity contribution in [2.75, 3.05) is 20.8 Å². The van der Waals surface area contributed by atoms with E-state index in [0.717, 1.165) is 17.1 Å². The van der Waals surface area contributed by atoms with Crippen LogP contribution in [0.5, 0.6) is 11.5 Å². The topological polar surface area (TPSA) is 50.7 Å². The highest BCUT2D eigenvalue weighted by atomic mass is 16.5. The zero-order chi connectivity index (χ0) is 14.4. The summed E-state index contributed by atoms with van der Waals surface area (Å²) in [6.45, 7) is 6.35. The molecule has 0 fully saturated rings. The molecule has 1 rings (SSSR count). The summed E-state index contributed by atoms with van der Waals surface area (Å²) in [5, 5.41) is 12.7. The van der Waals surface area contributed by atoms with E-state index in [0.29, 0.717) is 0 Å². The van der Waals surface area contributed by atoms with Crippen LogP contribution in [0.1, 0.15) is 32.4 Å². The Labute approximate surface area is 115 Å². The summed E-state index contributed by atoms with van der Waals surface area (Å²) in [6, 6.07) is 6.11. The Bertz CT molecular complexity index is 395. The predicted molar refractivity (Wildman–Crippen MR) is 76.8 cm³/mol. The van der Waals surface area contributed by atoms with Crippen molar-refractivity contribution >= 4 is 0 Å². The van der Waals surface area contributed by atoms with Crippen molar-refractivity contribution in [3.63, 3.8) is 0 Å². The summed E-state index contributed by atoms with van der Waals surface area (Å²) in [6.07, 6.45) is 0. The fraction of sp³-hybridized carbons (Fsp3) is 0.600. The number of nitrogens with one attached hydrogen (secondary N) is 1. The van der Waals surface area contributed by atoms with Gasteiger partial charge in [0.05, 0.1) is 14.2 Å². The molecule has 0 aliphatic rings. The average molecular weight is 267 g/mol. The number of aliphatic hydroxyl groups is 1. The van der Waals surface area contributed by atoms with E-state index in [1.807, 2.05) is 25.1 Å². The molecule has 2 N–H and O–H groups in total. The first-order valence-corrected chi connectivity index (χ1v) is 6.62. The lowest BCUT2D eigenvalue weighted by Gasteiger charge is -2.25. The first-order valence-electron chi connectivity index (χ1n) is 6.62. The molecule has 0 aliphatic carbocycles. The van der Waals surface area contributed by atoms with Crippen molar-refractivity contribution in [3.8, 4) is 11.5 Å². The van der Waals surface area contributed by atoms with Crippen LogP contribution in [0, 0.1) is 5.92 Å². The van der Waals surface area contributed by atoms with Gasteiger partial charge in [-0.3, -0.25) is 0 Å². The zero-order valence-corrected chi connectivity index (χ0v) is 12.4. The van der Waals surface area contributed by atoms with Crippen molar-refractivity contribution in [2.24, 2.45) is 5.92 Å². The van der Waals surface area contributed by atoms with Crippen molar-refractivity contribution < 1.29 is 14.6 Å². The zero-order valence-electron chi connectivity index (χ0n) is 12.4. The maximum atomic E-state index is 9.19. The molecule has 0 aromatic heterocycles. The molecule has 0 spiro atoms. The molecule has 108 valence electrons. The highest BCUT2D eigenvalue weighted by molar-refractivity contribution is 5.42.